The number of aromatic nitrogens is 6. The Hall–Kier alpha value is -4.74. The molecule has 4 aromatic rings. The Morgan fingerprint density at radius 2 is 1.88 bits per heavy atom. The van der Waals surface area contributed by atoms with Gasteiger partial charge in [-0.15, -0.1) is 10.2 Å². The molecule has 3 heterocycles. The van der Waals surface area contributed by atoms with Gasteiger partial charge in [-0.25, -0.2) is 24.1 Å². The van der Waals surface area contributed by atoms with Gasteiger partial charge in [-0.2, -0.15) is 0 Å². The number of carboxylic acids is 1. The number of ether oxygens (including phenoxy) is 1. The normalized spacial score (nSPS) is 10.8. The number of hydrogen-bond acceptors (Lipinski definition) is 8. The summed E-state index contributed by atoms with van der Waals surface area (Å²) in [5.41, 5.74) is 0.212. The van der Waals surface area contributed by atoms with E-state index in [-0.39, 0.29) is 28.9 Å². The fraction of sp³-hybridized carbons (Fsp3) is 0.136. The van der Waals surface area contributed by atoms with E-state index in [2.05, 4.69) is 30.5 Å². The van der Waals surface area contributed by atoms with Crippen molar-refractivity contribution < 1.29 is 23.8 Å². The van der Waals surface area contributed by atoms with E-state index >= 15 is 0 Å². The van der Waals surface area contributed by atoms with E-state index in [9.17, 15) is 14.0 Å². The Balaban J connectivity index is 1.53. The van der Waals surface area contributed by atoms with Gasteiger partial charge in [0.25, 0.3) is 5.91 Å². The van der Waals surface area contributed by atoms with Crippen molar-refractivity contribution >= 4 is 17.7 Å². The fourth-order valence-corrected chi connectivity index (χ4v) is 2.97. The molecule has 0 aliphatic heterocycles. The van der Waals surface area contributed by atoms with Crippen LogP contribution in [0.5, 0.6) is 11.5 Å². The zero-order chi connectivity index (χ0) is 24.2. The van der Waals surface area contributed by atoms with Gasteiger partial charge in [0, 0.05) is 6.04 Å². The van der Waals surface area contributed by atoms with Crippen molar-refractivity contribution in [3.05, 3.63) is 72.3 Å². The van der Waals surface area contributed by atoms with Gasteiger partial charge in [-0.1, -0.05) is 6.07 Å². The summed E-state index contributed by atoms with van der Waals surface area (Å²) in [6, 6.07) is 8.68. The number of pyridine rings is 1. The Kier molecular flexibility index (Phi) is 6.21. The SMILES string of the molecule is CC(C)n1cnnc1-c1cccc(NC(=O)c2cc(Oc3cnc(C(=O)O)nc3)ccc2F)n1. The summed E-state index contributed by atoms with van der Waals surface area (Å²) in [7, 11) is 0. The first kappa shape index (κ1) is 22.5. The Morgan fingerprint density at radius 1 is 1.12 bits per heavy atom. The molecular formula is C22H18FN7O4. The lowest BCUT2D eigenvalue weighted by molar-refractivity contribution is 0.0683. The van der Waals surface area contributed by atoms with Gasteiger partial charge in [-0.3, -0.25) is 4.79 Å². The molecule has 0 aliphatic carbocycles. The number of anilines is 1. The zero-order valence-corrected chi connectivity index (χ0v) is 18.0. The number of halogens is 1. The molecule has 1 amide bonds. The number of aromatic carboxylic acids is 1. The van der Waals surface area contributed by atoms with E-state index in [0.717, 1.165) is 18.5 Å². The second kappa shape index (κ2) is 9.40. The van der Waals surface area contributed by atoms with Gasteiger partial charge >= 0.3 is 5.97 Å². The van der Waals surface area contributed by atoms with Gasteiger partial charge in [0.05, 0.1) is 18.0 Å². The highest BCUT2D eigenvalue weighted by atomic mass is 19.1. The number of benzene rings is 1. The molecule has 172 valence electrons. The van der Waals surface area contributed by atoms with Crippen molar-refractivity contribution in [2.24, 2.45) is 0 Å². The lowest BCUT2D eigenvalue weighted by atomic mass is 10.2. The monoisotopic (exact) mass is 463 g/mol. The number of carboxylic acid groups (broad SMARTS) is 1. The van der Waals surface area contributed by atoms with Crippen LogP contribution in [0.25, 0.3) is 11.5 Å². The predicted octanol–water partition coefficient (Wildman–Crippen LogP) is 3.59. The number of nitrogens with one attached hydrogen (secondary N) is 1. The standard InChI is InChI=1S/C22H18FN7O4/c1-12(2)30-11-26-29-20(30)17-4-3-5-18(27-17)28-21(31)15-8-13(6-7-16(15)23)34-14-9-24-19(22(32)33)25-10-14/h3-12H,1-2H3,(H,32,33)(H,27,28,31). The van der Waals surface area contributed by atoms with Gasteiger partial charge in [0.2, 0.25) is 5.82 Å². The van der Waals surface area contributed by atoms with Crippen molar-refractivity contribution in [1.29, 1.82) is 0 Å². The van der Waals surface area contributed by atoms with Crippen LogP contribution in [0, 0.1) is 5.82 Å². The molecule has 0 aliphatic rings. The predicted molar refractivity (Wildman–Crippen MR) is 117 cm³/mol. The van der Waals surface area contributed by atoms with Gasteiger partial charge < -0.3 is 19.7 Å². The Bertz CT molecular complexity index is 1360. The minimum Gasteiger partial charge on any atom is -0.475 e. The molecule has 0 bridgehead atoms. The second-order valence-corrected chi connectivity index (χ2v) is 7.31. The molecule has 0 spiro atoms. The molecule has 0 saturated heterocycles. The number of rotatable bonds is 7. The third kappa shape index (κ3) is 4.85. The highest BCUT2D eigenvalue weighted by molar-refractivity contribution is 6.04. The smallest absolute Gasteiger partial charge is 0.373 e. The van der Waals surface area contributed by atoms with E-state index in [1.54, 1.807) is 24.5 Å². The average molecular weight is 463 g/mol. The number of hydrogen-bond donors (Lipinski definition) is 2. The third-order valence-corrected chi connectivity index (χ3v) is 4.59. The molecule has 0 unspecified atom stereocenters. The first-order chi connectivity index (χ1) is 16.3. The largest absolute Gasteiger partial charge is 0.475 e. The topological polar surface area (TPSA) is 145 Å². The van der Waals surface area contributed by atoms with E-state index < -0.39 is 23.5 Å². The van der Waals surface area contributed by atoms with Crippen LogP contribution in [0.4, 0.5) is 10.2 Å². The molecule has 0 radical (unpaired) electrons. The van der Waals surface area contributed by atoms with Crippen molar-refractivity contribution in [2.45, 2.75) is 19.9 Å². The second-order valence-electron chi connectivity index (χ2n) is 7.31. The van der Waals surface area contributed by atoms with Gasteiger partial charge in [0.15, 0.2) is 11.6 Å². The minimum absolute atomic E-state index is 0.104. The Labute approximate surface area is 192 Å². The first-order valence-corrected chi connectivity index (χ1v) is 10.0. The maximum absolute atomic E-state index is 14.4. The van der Waals surface area contributed by atoms with Crippen molar-refractivity contribution in [2.75, 3.05) is 5.32 Å². The molecular weight excluding hydrogens is 445 g/mol. The van der Waals surface area contributed by atoms with Gasteiger partial charge in [-0.05, 0) is 44.2 Å². The molecule has 11 nitrogen and oxygen atoms in total. The first-order valence-electron chi connectivity index (χ1n) is 10.0. The maximum Gasteiger partial charge on any atom is 0.373 e. The van der Waals surface area contributed by atoms with Crippen LogP contribution in [-0.2, 0) is 0 Å². The van der Waals surface area contributed by atoms with Crippen molar-refractivity contribution in [1.82, 2.24) is 29.7 Å². The third-order valence-electron chi connectivity index (χ3n) is 4.59. The van der Waals surface area contributed by atoms with Crippen LogP contribution >= 0.6 is 0 Å². The summed E-state index contributed by atoms with van der Waals surface area (Å²) < 4.78 is 21.7. The highest BCUT2D eigenvalue weighted by Crippen LogP contribution is 2.24. The molecule has 12 heteroatoms. The molecule has 3 aromatic heterocycles. The van der Waals surface area contributed by atoms with Crippen LogP contribution in [0.15, 0.2) is 55.1 Å². The fourth-order valence-electron chi connectivity index (χ4n) is 2.97. The Morgan fingerprint density at radius 3 is 2.59 bits per heavy atom. The zero-order valence-electron chi connectivity index (χ0n) is 18.0. The molecule has 1 aromatic carbocycles. The van der Waals surface area contributed by atoms with Crippen LogP contribution in [0.2, 0.25) is 0 Å². The van der Waals surface area contributed by atoms with Crippen LogP contribution in [-0.4, -0.2) is 46.7 Å². The van der Waals surface area contributed by atoms with E-state index in [4.69, 9.17) is 9.84 Å². The number of nitrogens with zero attached hydrogens (tertiary/aromatic N) is 6. The van der Waals surface area contributed by atoms with Crippen molar-refractivity contribution in [3.63, 3.8) is 0 Å². The summed E-state index contributed by atoms with van der Waals surface area (Å²) in [6.45, 7) is 3.95. The lowest BCUT2D eigenvalue weighted by Crippen LogP contribution is -2.15. The number of carbonyl (C=O) groups is 2. The summed E-state index contributed by atoms with van der Waals surface area (Å²) in [6.07, 6.45) is 3.91. The highest BCUT2D eigenvalue weighted by Gasteiger charge is 2.17. The van der Waals surface area contributed by atoms with E-state index in [0.29, 0.717) is 11.5 Å². The average Bonchev–Trinajstić information content (AvgIpc) is 3.31. The molecule has 0 fully saturated rings. The summed E-state index contributed by atoms with van der Waals surface area (Å²) in [4.78, 5) is 35.3. The molecule has 4 rings (SSSR count). The number of amides is 1. The molecule has 2 N–H and O–H groups in total. The maximum atomic E-state index is 14.4. The molecule has 0 atom stereocenters. The van der Waals surface area contributed by atoms with Crippen LogP contribution in [0.3, 0.4) is 0 Å². The summed E-state index contributed by atoms with van der Waals surface area (Å²) in [5, 5.41) is 19.4. The van der Waals surface area contributed by atoms with Crippen LogP contribution in [0.1, 0.15) is 40.9 Å². The van der Waals surface area contributed by atoms with Gasteiger partial charge in [0.1, 0.15) is 29.4 Å². The van der Waals surface area contributed by atoms with E-state index in [1.165, 1.54) is 12.1 Å². The van der Waals surface area contributed by atoms with Crippen LogP contribution < -0.4 is 10.1 Å². The minimum atomic E-state index is -1.28. The van der Waals surface area contributed by atoms with E-state index in [1.807, 2.05) is 18.4 Å². The molecule has 34 heavy (non-hydrogen) atoms. The van der Waals surface area contributed by atoms with Crippen molar-refractivity contribution in [3.8, 4) is 23.0 Å². The summed E-state index contributed by atoms with van der Waals surface area (Å²) in [5.74, 6) is -2.21. The molecule has 0 saturated carbocycles. The summed E-state index contributed by atoms with van der Waals surface area (Å²) >= 11 is 0. The lowest BCUT2D eigenvalue weighted by Gasteiger charge is -2.11. The number of carbonyl (C=O) groups excluding carboxylic acids is 1. The quantitative estimate of drug-likeness (QED) is 0.420.